The Morgan fingerprint density at radius 3 is 2.53 bits per heavy atom. The van der Waals surface area contributed by atoms with Crippen molar-refractivity contribution in [3.05, 3.63) is 27.7 Å². The molecule has 3 nitrogen and oxygen atoms in total. The normalized spacial score (nSPS) is 16.9. The Morgan fingerprint density at radius 2 is 2.06 bits per heavy atom. The molecule has 0 radical (unpaired) electrons. The summed E-state index contributed by atoms with van der Waals surface area (Å²) in [5.41, 5.74) is -1.21. The van der Waals surface area contributed by atoms with Gasteiger partial charge in [0, 0.05) is 17.0 Å². The predicted octanol–water partition coefficient (Wildman–Crippen LogP) is 2.94. The summed E-state index contributed by atoms with van der Waals surface area (Å²) >= 11 is 2.81. The Hall–Kier alpha value is -1.17. The predicted molar refractivity (Wildman–Crippen MR) is 58.9 cm³/mol. The minimum absolute atomic E-state index is 0.231. The zero-order valence-corrected chi connectivity index (χ0v) is 10.2. The van der Waals surface area contributed by atoms with Crippen molar-refractivity contribution >= 4 is 21.9 Å². The molecule has 0 bridgehead atoms. The fourth-order valence-electron chi connectivity index (χ4n) is 2.02. The van der Waals surface area contributed by atoms with Gasteiger partial charge in [-0.1, -0.05) is 0 Å². The molecule has 0 spiro atoms. The van der Waals surface area contributed by atoms with Crippen molar-refractivity contribution in [3.63, 3.8) is 0 Å². The maximum Gasteiger partial charge on any atom is 0.304 e. The molecule has 6 heteroatoms. The van der Waals surface area contributed by atoms with E-state index < -0.39 is 28.8 Å². The Kier molecular flexibility index (Phi) is 2.85. The zero-order chi connectivity index (χ0) is 12.8. The van der Waals surface area contributed by atoms with E-state index in [1.165, 1.54) is 0 Å². The average Bonchev–Trinajstić information content (AvgIpc) is 2.94. The lowest BCUT2D eigenvalue weighted by Crippen LogP contribution is -2.17. The molecular weight excluding hydrogens is 298 g/mol. The number of carboxylic acid groups (broad SMARTS) is 1. The third kappa shape index (κ3) is 2.01. The highest BCUT2D eigenvalue weighted by Crippen LogP contribution is 2.54. The van der Waals surface area contributed by atoms with E-state index in [1.807, 2.05) is 0 Å². The molecule has 0 aliphatic heterocycles. The van der Waals surface area contributed by atoms with E-state index in [4.69, 9.17) is 5.11 Å². The van der Waals surface area contributed by atoms with Gasteiger partial charge in [0.15, 0.2) is 0 Å². The van der Waals surface area contributed by atoms with Crippen molar-refractivity contribution in [3.8, 4) is 5.75 Å². The van der Waals surface area contributed by atoms with Crippen molar-refractivity contribution in [1.29, 1.82) is 0 Å². The lowest BCUT2D eigenvalue weighted by molar-refractivity contribution is -0.137. The molecule has 1 fully saturated rings. The number of phenols is 1. The van der Waals surface area contributed by atoms with Crippen LogP contribution in [0.4, 0.5) is 8.78 Å². The van der Waals surface area contributed by atoms with Crippen molar-refractivity contribution in [2.45, 2.75) is 24.7 Å². The molecule has 17 heavy (non-hydrogen) atoms. The molecule has 1 aromatic rings. The zero-order valence-electron chi connectivity index (χ0n) is 8.64. The van der Waals surface area contributed by atoms with Crippen LogP contribution < -0.4 is 0 Å². The summed E-state index contributed by atoms with van der Waals surface area (Å²) in [6.45, 7) is 0. The van der Waals surface area contributed by atoms with Crippen LogP contribution in [0.5, 0.6) is 5.75 Å². The number of aromatic hydroxyl groups is 1. The molecule has 2 N–H and O–H groups in total. The van der Waals surface area contributed by atoms with Gasteiger partial charge in [-0.3, -0.25) is 4.79 Å². The molecule has 0 saturated heterocycles. The van der Waals surface area contributed by atoms with Gasteiger partial charge in [0.2, 0.25) is 0 Å². The van der Waals surface area contributed by atoms with E-state index in [2.05, 4.69) is 15.9 Å². The van der Waals surface area contributed by atoms with Crippen LogP contribution in [0.25, 0.3) is 0 Å². The average molecular weight is 307 g/mol. The summed E-state index contributed by atoms with van der Waals surface area (Å²) in [5, 5.41) is 18.0. The number of hydrogen-bond donors (Lipinski definition) is 2. The van der Waals surface area contributed by atoms with Crippen LogP contribution in [0.1, 0.15) is 24.8 Å². The first kappa shape index (κ1) is 12.3. The molecular formula is C11H9BrF2O3. The Bertz CT molecular complexity index is 498. The number of carbonyl (C=O) groups is 1. The van der Waals surface area contributed by atoms with Gasteiger partial charge < -0.3 is 10.2 Å². The van der Waals surface area contributed by atoms with Gasteiger partial charge in [-0.25, -0.2) is 8.78 Å². The molecule has 0 unspecified atom stereocenters. The van der Waals surface area contributed by atoms with Crippen molar-refractivity contribution in [2.75, 3.05) is 0 Å². The van der Waals surface area contributed by atoms with Gasteiger partial charge in [-0.2, -0.15) is 0 Å². The second-order valence-electron chi connectivity index (χ2n) is 4.23. The number of rotatable bonds is 3. The van der Waals surface area contributed by atoms with Gasteiger partial charge in [-0.05, 0) is 28.8 Å². The van der Waals surface area contributed by atoms with Crippen LogP contribution in [0.15, 0.2) is 10.5 Å². The smallest absolute Gasteiger partial charge is 0.304 e. The maximum absolute atomic E-state index is 13.9. The van der Waals surface area contributed by atoms with E-state index >= 15 is 0 Å². The summed E-state index contributed by atoms with van der Waals surface area (Å²) in [6, 6.07) is 0.796. The molecule has 1 saturated carbocycles. The number of hydrogen-bond acceptors (Lipinski definition) is 2. The molecule has 2 rings (SSSR count). The third-order valence-electron chi connectivity index (χ3n) is 3.01. The molecule has 1 aliphatic rings. The molecule has 0 amide bonds. The van der Waals surface area contributed by atoms with Gasteiger partial charge >= 0.3 is 5.97 Å². The number of aliphatic carboxylic acids is 1. The SMILES string of the molecule is O=C(O)CC1(c2c(F)cc(O)c(Br)c2F)CC1. The summed E-state index contributed by atoms with van der Waals surface area (Å²) in [6.07, 6.45) is 0.562. The maximum atomic E-state index is 13.9. The van der Waals surface area contributed by atoms with Gasteiger partial charge in [-0.15, -0.1) is 0 Å². The Balaban J connectivity index is 2.53. The fourth-order valence-corrected chi connectivity index (χ4v) is 2.34. The Morgan fingerprint density at radius 1 is 1.47 bits per heavy atom. The highest BCUT2D eigenvalue weighted by molar-refractivity contribution is 9.10. The topological polar surface area (TPSA) is 57.5 Å². The van der Waals surface area contributed by atoms with E-state index in [0.29, 0.717) is 12.8 Å². The first-order valence-electron chi connectivity index (χ1n) is 4.96. The van der Waals surface area contributed by atoms with Crippen molar-refractivity contribution < 1.29 is 23.8 Å². The second kappa shape index (κ2) is 3.94. The molecule has 0 atom stereocenters. The first-order valence-corrected chi connectivity index (χ1v) is 5.75. The standard InChI is InChI=1S/C11H9BrF2O3/c12-9-6(15)3-5(13)8(10(9)14)11(1-2-11)4-7(16)17/h3,15H,1-2,4H2,(H,16,17). The monoisotopic (exact) mass is 306 g/mol. The second-order valence-corrected chi connectivity index (χ2v) is 5.02. The van der Waals surface area contributed by atoms with Crippen LogP contribution in [-0.4, -0.2) is 16.2 Å². The lowest BCUT2D eigenvalue weighted by atomic mass is 9.91. The summed E-state index contributed by atoms with van der Waals surface area (Å²) < 4.78 is 27.3. The largest absolute Gasteiger partial charge is 0.507 e. The minimum Gasteiger partial charge on any atom is -0.507 e. The lowest BCUT2D eigenvalue weighted by Gasteiger charge is -2.16. The summed E-state index contributed by atoms with van der Waals surface area (Å²) in [5.74, 6) is -3.44. The molecule has 92 valence electrons. The first-order chi connectivity index (χ1) is 7.87. The van der Waals surface area contributed by atoms with Gasteiger partial charge in [0.25, 0.3) is 0 Å². The van der Waals surface area contributed by atoms with Gasteiger partial charge in [0.05, 0.1) is 10.9 Å². The van der Waals surface area contributed by atoms with E-state index in [9.17, 15) is 18.7 Å². The van der Waals surface area contributed by atoms with Crippen molar-refractivity contribution in [1.82, 2.24) is 0 Å². The van der Waals surface area contributed by atoms with Gasteiger partial charge in [0.1, 0.15) is 17.4 Å². The highest BCUT2D eigenvalue weighted by atomic mass is 79.9. The summed E-state index contributed by atoms with van der Waals surface area (Å²) in [7, 11) is 0. The minimum atomic E-state index is -1.09. The number of halogens is 3. The quantitative estimate of drug-likeness (QED) is 0.844. The van der Waals surface area contributed by atoms with Crippen LogP contribution in [-0.2, 0) is 10.2 Å². The molecule has 1 aliphatic carbocycles. The molecule has 0 heterocycles. The molecule has 1 aromatic carbocycles. The number of phenolic OH excluding ortho intramolecular Hbond substituents is 1. The van der Waals surface area contributed by atoms with E-state index in [-0.39, 0.29) is 16.5 Å². The highest BCUT2D eigenvalue weighted by Gasteiger charge is 2.50. The molecule has 0 aromatic heterocycles. The Labute approximate surface area is 104 Å². The number of benzene rings is 1. The van der Waals surface area contributed by atoms with Crippen LogP contribution in [0, 0.1) is 11.6 Å². The van der Waals surface area contributed by atoms with E-state index in [1.54, 1.807) is 0 Å². The van der Waals surface area contributed by atoms with Crippen molar-refractivity contribution in [2.24, 2.45) is 0 Å². The van der Waals surface area contributed by atoms with Crippen LogP contribution >= 0.6 is 15.9 Å². The summed E-state index contributed by atoms with van der Waals surface area (Å²) in [4.78, 5) is 10.7. The van der Waals surface area contributed by atoms with Crippen LogP contribution in [0.3, 0.4) is 0 Å². The third-order valence-corrected chi connectivity index (χ3v) is 3.77. The van der Waals surface area contributed by atoms with Crippen LogP contribution in [0.2, 0.25) is 0 Å². The fraction of sp³-hybridized carbons (Fsp3) is 0.364. The van der Waals surface area contributed by atoms with E-state index in [0.717, 1.165) is 6.07 Å². The number of carboxylic acids is 1.